The average molecular weight is 452 g/mol. The van der Waals surface area contributed by atoms with E-state index >= 15 is 0 Å². The lowest BCUT2D eigenvalue weighted by molar-refractivity contribution is -0.145. The number of para-hydroxylation sites is 2. The highest BCUT2D eigenvalue weighted by Crippen LogP contribution is 2.37. The number of H-pyrrole nitrogens is 1. The molecule has 2 heterocycles. The molecule has 2 aromatic carbocycles. The Balaban J connectivity index is 1.64. The van der Waals surface area contributed by atoms with Crippen molar-refractivity contribution >= 4 is 39.5 Å². The molecule has 0 spiro atoms. The smallest absolute Gasteiger partial charge is 0.307 e. The van der Waals surface area contributed by atoms with E-state index in [4.69, 9.17) is 14.2 Å². The molecule has 0 fully saturated rings. The maximum atomic E-state index is 12.3. The lowest BCUT2D eigenvalue weighted by atomic mass is 10.1. The van der Waals surface area contributed by atoms with E-state index in [0.29, 0.717) is 29.5 Å². The Labute approximate surface area is 190 Å². The Hall–Kier alpha value is -3.26. The standard InChI is InChI=1S/C24H25N3O4S/c1-4-7-22(28)31-24(23-26-17-8-5-6-9-18(17)27-23)32-14-19-16-13-21(30-3)20(29-2)12-15(16)10-11-25-19/h5-6,8-13,24H,4,7,14H2,1-3H3,(H,26,27). The number of rotatable bonds is 9. The van der Waals surface area contributed by atoms with Crippen LogP contribution in [0.2, 0.25) is 0 Å². The Morgan fingerprint density at radius 1 is 1.12 bits per heavy atom. The number of hydrogen-bond acceptors (Lipinski definition) is 7. The Bertz CT molecular complexity index is 1210. The quantitative estimate of drug-likeness (QED) is 0.269. The van der Waals surface area contributed by atoms with Gasteiger partial charge in [0.25, 0.3) is 0 Å². The zero-order chi connectivity index (χ0) is 22.5. The van der Waals surface area contributed by atoms with Crippen LogP contribution in [0.1, 0.15) is 36.7 Å². The summed E-state index contributed by atoms with van der Waals surface area (Å²) in [6.07, 6.45) is 2.85. The zero-order valence-electron chi connectivity index (χ0n) is 18.3. The number of nitrogens with one attached hydrogen (secondary N) is 1. The molecule has 4 rings (SSSR count). The van der Waals surface area contributed by atoms with Gasteiger partial charge in [-0.15, -0.1) is 11.8 Å². The second kappa shape index (κ2) is 9.91. The third kappa shape index (κ3) is 4.65. The molecule has 2 aromatic heterocycles. The number of aromatic nitrogens is 3. The van der Waals surface area contributed by atoms with Crippen molar-refractivity contribution in [2.24, 2.45) is 0 Å². The molecule has 0 amide bonds. The van der Waals surface area contributed by atoms with E-state index in [1.54, 1.807) is 20.4 Å². The van der Waals surface area contributed by atoms with E-state index in [0.717, 1.165) is 33.9 Å². The number of aromatic amines is 1. The zero-order valence-corrected chi connectivity index (χ0v) is 19.1. The predicted octanol–water partition coefficient (Wildman–Crippen LogP) is 5.40. The normalized spacial score (nSPS) is 12.1. The lowest BCUT2D eigenvalue weighted by Crippen LogP contribution is -2.10. The van der Waals surface area contributed by atoms with Crippen molar-refractivity contribution in [2.45, 2.75) is 31.0 Å². The van der Waals surface area contributed by atoms with Crippen LogP contribution in [0.4, 0.5) is 0 Å². The first-order valence-corrected chi connectivity index (χ1v) is 11.4. The first-order valence-electron chi connectivity index (χ1n) is 10.4. The van der Waals surface area contributed by atoms with Crippen molar-refractivity contribution in [3.8, 4) is 11.5 Å². The van der Waals surface area contributed by atoms with E-state index in [2.05, 4.69) is 15.0 Å². The van der Waals surface area contributed by atoms with Crippen LogP contribution in [0.15, 0.2) is 48.7 Å². The third-order valence-electron chi connectivity index (χ3n) is 5.05. The van der Waals surface area contributed by atoms with Gasteiger partial charge in [-0.3, -0.25) is 9.78 Å². The van der Waals surface area contributed by atoms with Crippen LogP contribution in [0.25, 0.3) is 21.8 Å². The molecular formula is C24H25N3O4S. The number of thioether (sulfide) groups is 1. The van der Waals surface area contributed by atoms with Gasteiger partial charge < -0.3 is 19.2 Å². The SMILES string of the molecule is CCCC(=O)OC(SCc1nccc2cc(OC)c(OC)cc12)c1nc2ccccc2[nH]1. The van der Waals surface area contributed by atoms with Gasteiger partial charge in [0.05, 0.1) is 30.9 Å². The number of benzene rings is 2. The molecule has 1 atom stereocenters. The van der Waals surface area contributed by atoms with Gasteiger partial charge >= 0.3 is 5.97 Å². The summed E-state index contributed by atoms with van der Waals surface area (Å²) in [7, 11) is 3.23. The summed E-state index contributed by atoms with van der Waals surface area (Å²) in [5.74, 6) is 2.19. The van der Waals surface area contributed by atoms with Gasteiger partial charge in [0, 0.05) is 23.8 Å². The Kier molecular flexibility index (Phi) is 6.80. The summed E-state index contributed by atoms with van der Waals surface area (Å²) in [6, 6.07) is 13.5. The summed E-state index contributed by atoms with van der Waals surface area (Å²) in [6.45, 7) is 1.95. The van der Waals surface area contributed by atoms with Crippen LogP contribution in [-0.2, 0) is 15.3 Å². The van der Waals surface area contributed by atoms with Gasteiger partial charge in [0.2, 0.25) is 5.44 Å². The summed E-state index contributed by atoms with van der Waals surface area (Å²) >= 11 is 1.46. The molecule has 0 aliphatic carbocycles. The average Bonchev–Trinajstić information content (AvgIpc) is 3.25. The molecule has 8 heteroatoms. The van der Waals surface area contributed by atoms with E-state index in [-0.39, 0.29) is 5.97 Å². The fraction of sp³-hybridized carbons (Fsp3) is 0.292. The first kappa shape index (κ1) is 22.0. The summed E-state index contributed by atoms with van der Waals surface area (Å²) in [5.41, 5.74) is 2.03. The van der Waals surface area contributed by atoms with Crippen molar-refractivity contribution in [1.82, 2.24) is 15.0 Å². The maximum absolute atomic E-state index is 12.3. The van der Waals surface area contributed by atoms with E-state index in [9.17, 15) is 4.79 Å². The van der Waals surface area contributed by atoms with Crippen LogP contribution in [0, 0.1) is 0 Å². The number of pyridine rings is 1. The van der Waals surface area contributed by atoms with Crippen molar-refractivity contribution in [1.29, 1.82) is 0 Å². The fourth-order valence-corrected chi connectivity index (χ4v) is 4.45. The number of carbonyl (C=O) groups is 1. The number of fused-ring (bicyclic) bond motifs is 2. The van der Waals surface area contributed by atoms with E-state index < -0.39 is 5.44 Å². The molecule has 1 N–H and O–H groups in total. The van der Waals surface area contributed by atoms with Crippen molar-refractivity contribution in [3.63, 3.8) is 0 Å². The highest BCUT2D eigenvalue weighted by atomic mass is 32.2. The summed E-state index contributed by atoms with van der Waals surface area (Å²) < 4.78 is 16.7. The minimum absolute atomic E-state index is 0.247. The third-order valence-corrected chi connectivity index (χ3v) is 6.11. The minimum Gasteiger partial charge on any atom is -0.493 e. The fourth-order valence-electron chi connectivity index (χ4n) is 3.46. The number of imidazole rings is 1. The maximum Gasteiger partial charge on any atom is 0.307 e. The van der Waals surface area contributed by atoms with Crippen LogP contribution < -0.4 is 9.47 Å². The van der Waals surface area contributed by atoms with Crippen LogP contribution >= 0.6 is 11.8 Å². The molecule has 0 saturated carbocycles. The van der Waals surface area contributed by atoms with E-state index in [1.807, 2.05) is 49.4 Å². The number of methoxy groups -OCH3 is 2. The minimum atomic E-state index is -0.571. The monoisotopic (exact) mass is 451 g/mol. The molecule has 0 radical (unpaired) electrons. The number of hydrogen-bond donors (Lipinski definition) is 1. The molecule has 0 aliphatic rings. The summed E-state index contributed by atoms with van der Waals surface area (Å²) in [4.78, 5) is 24.8. The lowest BCUT2D eigenvalue weighted by Gasteiger charge is -2.16. The van der Waals surface area contributed by atoms with Crippen molar-refractivity contribution in [3.05, 3.63) is 60.2 Å². The van der Waals surface area contributed by atoms with Gasteiger partial charge in [-0.05, 0) is 42.1 Å². The largest absolute Gasteiger partial charge is 0.493 e. The molecule has 0 aliphatic heterocycles. The molecule has 166 valence electrons. The number of carbonyl (C=O) groups excluding carboxylic acids is 1. The number of nitrogens with zero attached hydrogens (tertiary/aromatic N) is 2. The molecule has 7 nitrogen and oxygen atoms in total. The number of ether oxygens (including phenoxy) is 3. The van der Waals surface area contributed by atoms with Crippen LogP contribution in [0.3, 0.4) is 0 Å². The van der Waals surface area contributed by atoms with Crippen LogP contribution in [-0.4, -0.2) is 35.1 Å². The summed E-state index contributed by atoms with van der Waals surface area (Å²) in [5, 5.41) is 1.96. The topological polar surface area (TPSA) is 86.3 Å². The molecule has 0 saturated heterocycles. The van der Waals surface area contributed by atoms with Gasteiger partial charge in [0.1, 0.15) is 0 Å². The predicted molar refractivity (Wildman–Crippen MR) is 126 cm³/mol. The highest BCUT2D eigenvalue weighted by molar-refractivity contribution is 7.98. The van der Waals surface area contributed by atoms with E-state index in [1.165, 1.54) is 11.8 Å². The van der Waals surface area contributed by atoms with Gasteiger partial charge in [-0.25, -0.2) is 4.98 Å². The Morgan fingerprint density at radius 2 is 1.91 bits per heavy atom. The first-order chi connectivity index (χ1) is 15.6. The van der Waals surface area contributed by atoms with Gasteiger partial charge in [0.15, 0.2) is 17.3 Å². The second-order valence-electron chi connectivity index (χ2n) is 7.21. The molecule has 0 bridgehead atoms. The van der Waals surface area contributed by atoms with Crippen LogP contribution in [0.5, 0.6) is 11.5 Å². The molecule has 1 unspecified atom stereocenters. The van der Waals surface area contributed by atoms with Gasteiger partial charge in [-0.2, -0.15) is 0 Å². The number of esters is 1. The Morgan fingerprint density at radius 3 is 2.66 bits per heavy atom. The molecule has 4 aromatic rings. The highest BCUT2D eigenvalue weighted by Gasteiger charge is 2.22. The molecular weight excluding hydrogens is 426 g/mol. The second-order valence-corrected chi connectivity index (χ2v) is 8.26. The van der Waals surface area contributed by atoms with Crippen molar-refractivity contribution in [2.75, 3.05) is 14.2 Å². The molecule has 32 heavy (non-hydrogen) atoms. The van der Waals surface area contributed by atoms with Gasteiger partial charge in [-0.1, -0.05) is 19.1 Å². The van der Waals surface area contributed by atoms with Crippen molar-refractivity contribution < 1.29 is 19.0 Å².